The van der Waals surface area contributed by atoms with E-state index in [1.807, 2.05) is 12.1 Å². The van der Waals surface area contributed by atoms with Gasteiger partial charge in [0.1, 0.15) is 12.1 Å². The Morgan fingerprint density at radius 3 is 2.58 bits per heavy atom. The Hall–Kier alpha value is -5.00. The lowest BCUT2D eigenvalue weighted by atomic mass is 9.95. The van der Waals surface area contributed by atoms with Gasteiger partial charge in [-0.05, 0) is 35.4 Å². The summed E-state index contributed by atoms with van der Waals surface area (Å²) in [6.07, 6.45) is 2.26. The van der Waals surface area contributed by atoms with Crippen LogP contribution in [0.5, 0.6) is 5.88 Å². The number of carbonyl (C=O) groups excluding carboxylic acids is 3. The molecule has 2 aromatic carbocycles. The summed E-state index contributed by atoms with van der Waals surface area (Å²) in [7, 11) is 3.08. The van der Waals surface area contributed by atoms with Gasteiger partial charge < -0.3 is 15.0 Å². The van der Waals surface area contributed by atoms with Gasteiger partial charge in [0.15, 0.2) is 0 Å². The van der Waals surface area contributed by atoms with Crippen LogP contribution >= 0.6 is 0 Å². The maximum Gasteiger partial charge on any atom is 0.336 e. The van der Waals surface area contributed by atoms with Crippen molar-refractivity contribution >= 4 is 34.6 Å². The van der Waals surface area contributed by atoms with E-state index >= 15 is 0 Å². The van der Waals surface area contributed by atoms with E-state index in [-0.39, 0.29) is 18.4 Å². The van der Waals surface area contributed by atoms with Crippen molar-refractivity contribution in [1.82, 2.24) is 29.3 Å². The minimum atomic E-state index is -0.945. The molecule has 1 saturated heterocycles. The Kier molecular flexibility index (Phi) is 5.26. The summed E-state index contributed by atoms with van der Waals surface area (Å²) in [5, 5.41) is 5.23. The van der Waals surface area contributed by atoms with Crippen molar-refractivity contribution in [1.29, 1.82) is 0 Å². The van der Waals surface area contributed by atoms with Gasteiger partial charge in [-0.25, -0.2) is 19.1 Å². The highest BCUT2D eigenvalue weighted by molar-refractivity contribution is 6.07. The highest BCUT2D eigenvalue weighted by Gasteiger charge is 2.54. The molecule has 12 heteroatoms. The molecule has 1 unspecified atom stereocenters. The van der Waals surface area contributed by atoms with Gasteiger partial charge in [-0.2, -0.15) is 4.98 Å². The molecule has 12 nitrogen and oxygen atoms in total. The second kappa shape index (κ2) is 8.54. The third-order valence-corrected chi connectivity index (χ3v) is 7.21. The van der Waals surface area contributed by atoms with E-state index in [0.29, 0.717) is 35.4 Å². The third kappa shape index (κ3) is 3.52. The molecule has 1 aliphatic carbocycles. The minimum Gasteiger partial charge on any atom is -0.481 e. The number of para-hydroxylation sites is 2. The molecule has 1 spiro atoms. The summed E-state index contributed by atoms with van der Waals surface area (Å²) in [5.41, 5.74) is 2.04. The average Bonchev–Trinajstić information content (AvgIpc) is 3.50. The molecule has 2 aromatic heterocycles. The predicted octanol–water partition coefficient (Wildman–Crippen LogP) is 1.25. The van der Waals surface area contributed by atoms with Crippen molar-refractivity contribution in [3.63, 3.8) is 0 Å². The number of nitrogens with one attached hydrogen (secondary N) is 2. The van der Waals surface area contributed by atoms with Crippen molar-refractivity contribution in [3.05, 3.63) is 76.3 Å². The molecule has 1 aliphatic heterocycles. The first-order chi connectivity index (χ1) is 18.3. The molecule has 4 aromatic rings. The number of hydrogen-bond acceptors (Lipinski definition) is 7. The number of rotatable bonds is 5. The van der Waals surface area contributed by atoms with E-state index in [0.717, 1.165) is 11.1 Å². The van der Waals surface area contributed by atoms with Crippen LogP contribution in [-0.4, -0.2) is 61.5 Å². The Morgan fingerprint density at radius 2 is 1.84 bits per heavy atom. The molecule has 38 heavy (non-hydrogen) atoms. The van der Waals surface area contributed by atoms with E-state index in [2.05, 4.69) is 20.6 Å². The monoisotopic (exact) mass is 513 g/mol. The molecule has 2 aliphatic rings. The van der Waals surface area contributed by atoms with Gasteiger partial charge in [-0.1, -0.05) is 18.2 Å². The van der Waals surface area contributed by atoms with Crippen molar-refractivity contribution in [2.75, 3.05) is 19.5 Å². The molecule has 3 heterocycles. The van der Waals surface area contributed by atoms with Crippen LogP contribution in [0.4, 0.5) is 10.5 Å². The SMILES string of the molecule is COc1ccnc(-n2c(=O)n(CC(=O)Nc3ccc4c(c3)CC3(C4)C(=O)NC(=O)N3C)c3ccccc32)n1. The zero-order valence-corrected chi connectivity index (χ0v) is 20.6. The topological polar surface area (TPSA) is 140 Å². The fourth-order valence-corrected chi connectivity index (χ4v) is 5.23. The average molecular weight is 514 g/mol. The second-order valence-electron chi connectivity index (χ2n) is 9.33. The number of imide groups is 1. The van der Waals surface area contributed by atoms with Crippen LogP contribution in [0.3, 0.4) is 0 Å². The zero-order chi connectivity index (χ0) is 26.6. The van der Waals surface area contributed by atoms with Crippen LogP contribution in [0.15, 0.2) is 59.5 Å². The molecule has 192 valence electrons. The third-order valence-electron chi connectivity index (χ3n) is 7.21. The van der Waals surface area contributed by atoms with E-state index in [4.69, 9.17) is 4.74 Å². The van der Waals surface area contributed by atoms with Crippen molar-refractivity contribution < 1.29 is 19.1 Å². The first-order valence-electron chi connectivity index (χ1n) is 11.9. The number of hydrogen-bond donors (Lipinski definition) is 2. The number of fused-ring (bicyclic) bond motifs is 2. The summed E-state index contributed by atoms with van der Waals surface area (Å²) >= 11 is 0. The molecule has 1 fully saturated rings. The van der Waals surface area contributed by atoms with Gasteiger partial charge in [0.25, 0.3) is 5.91 Å². The maximum absolute atomic E-state index is 13.4. The van der Waals surface area contributed by atoms with Gasteiger partial charge in [-0.3, -0.25) is 19.5 Å². The highest BCUT2D eigenvalue weighted by Crippen LogP contribution is 2.38. The molecule has 6 rings (SSSR count). The lowest BCUT2D eigenvalue weighted by molar-refractivity contribution is -0.125. The van der Waals surface area contributed by atoms with Crippen LogP contribution in [0, 0.1) is 0 Å². The fourth-order valence-electron chi connectivity index (χ4n) is 5.23. The molecule has 2 N–H and O–H groups in total. The van der Waals surface area contributed by atoms with Crippen LogP contribution in [0.2, 0.25) is 0 Å². The normalized spacial score (nSPS) is 18.2. The summed E-state index contributed by atoms with van der Waals surface area (Å²) in [6, 6.07) is 13.6. The molecule has 1 atom stereocenters. The number of imidazole rings is 1. The number of anilines is 1. The molecule has 0 saturated carbocycles. The van der Waals surface area contributed by atoms with E-state index < -0.39 is 23.2 Å². The molecular weight excluding hydrogens is 490 g/mol. The largest absolute Gasteiger partial charge is 0.481 e. The van der Waals surface area contributed by atoms with E-state index in [1.54, 1.807) is 43.4 Å². The van der Waals surface area contributed by atoms with Crippen LogP contribution in [-0.2, 0) is 29.0 Å². The maximum atomic E-state index is 13.4. The van der Waals surface area contributed by atoms with Gasteiger partial charge in [-0.15, -0.1) is 0 Å². The number of likely N-dealkylation sites (N-methyl/N-ethyl adjacent to an activating group) is 1. The highest BCUT2D eigenvalue weighted by atomic mass is 16.5. The van der Waals surface area contributed by atoms with E-state index in [9.17, 15) is 19.2 Å². The smallest absolute Gasteiger partial charge is 0.336 e. The molecule has 0 radical (unpaired) electrons. The molecule has 0 bridgehead atoms. The Balaban J connectivity index is 1.27. The van der Waals surface area contributed by atoms with Crippen LogP contribution in [0.1, 0.15) is 11.1 Å². The number of methoxy groups -OCH3 is 1. The first-order valence-corrected chi connectivity index (χ1v) is 11.9. The molecular formula is C26H23N7O5. The number of urea groups is 1. The van der Waals surface area contributed by atoms with E-state index in [1.165, 1.54) is 27.3 Å². The van der Waals surface area contributed by atoms with Crippen molar-refractivity contribution in [2.45, 2.75) is 24.9 Å². The zero-order valence-electron chi connectivity index (χ0n) is 20.6. The number of aromatic nitrogens is 4. The Labute approximate surface area is 215 Å². The van der Waals surface area contributed by atoms with Crippen LogP contribution in [0.25, 0.3) is 17.0 Å². The lowest BCUT2D eigenvalue weighted by Crippen LogP contribution is -2.48. The van der Waals surface area contributed by atoms with Crippen LogP contribution < -0.4 is 21.1 Å². The van der Waals surface area contributed by atoms with Crippen molar-refractivity contribution in [2.24, 2.45) is 0 Å². The second-order valence-corrected chi connectivity index (χ2v) is 9.33. The van der Waals surface area contributed by atoms with Gasteiger partial charge >= 0.3 is 11.7 Å². The summed E-state index contributed by atoms with van der Waals surface area (Å²) in [4.78, 5) is 61.0. The number of nitrogens with zero attached hydrogens (tertiary/aromatic N) is 5. The van der Waals surface area contributed by atoms with Gasteiger partial charge in [0, 0.05) is 37.8 Å². The Morgan fingerprint density at radius 1 is 1.08 bits per heavy atom. The number of ether oxygens (including phenoxy) is 1. The van der Waals surface area contributed by atoms with Gasteiger partial charge in [0.2, 0.25) is 17.7 Å². The van der Waals surface area contributed by atoms with Crippen molar-refractivity contribution in [3.8, 4) is 11.8 Å². The summed E-state index contributed by atoms with van der Waals surface area (Å²) in [6.45, 7) is -0.239. The standard InChI is InChI=1S/C26H23N7O5/c1-31-24(36)30-22(35)26(31)12-15-7-8-17(11-16(15)13-26)28-20(34)14-32-18-5-3-4-6-19(18)33(25(32)37)23-27-10-9-21(29-23)38-2/h3-11H,12-14H2,1-2H3,(H,28,34)(H,30,35,36). The summed E-state index contributed by atoms with van der Waals surface area (Å²) in [5.74, 6) is -0.278. The number of amides is 4. The molecule has 4 amide bonds. The first kappa shape index (κ1) is 23.4. The fraction of sp³-hybridized carbons (Fsp3) is 0.231. The number of benzene rings is 2. The number of carbonyl (C=O) groups is 3. The lowest BCUT2D eigenvalue weighted by Gasteiger charge is -2.27. The predicted molar refractivity (Wildman–Crippen MR) is 136 cm³/mol. The quantitative estimate of drug-likeness (QED) is 0.383. The Bertz CT molecular complexity index is 1710. The van der Waals surface area contributed by atoms with Gasteiger partial charge in [0.05, 0.1) is 18.1 Å². The summed E-state index contributed by atoms with van der Waals surface area (Å²) < 4.78 is 7.86. The minimum absolute atomic E-state index is 0.136.